The van der Waals surface area contributed by atoms with Crippen molar-refractivity contribution in [3.8, 4) is 17.0 Å². The van der Waals surface area contributed by atoms with Crippen molar-refractivity contribution in [3.05, 3.63) is 35.7 Å². The second-order valence-corrected chi connectivity index (χ2v) is 10.2. The minimum Gasteiger partial charge on any atom is -0.496 e. The molecule has 1 aliphatic heterocycles. The van der Waals surface area contributed by atoms with Gasteiger partial charge in [0.1, 0.15) is 11.3 Å². The van der Waals surface area contributed by atoms with Crippen LogP contribution in [0.4, 0.5) is 13.2 Å². The van der Waals surface area contributed by atoms with Gasteiger partial charge < -0.3 is 4.74 Å². The molecule has 12 heteroatoms. The Hall–Kier alpha value is -2.73. The van der Waals surface area contributed by atoms with E-state index in [0.717, 1.165) is 12.1 Å². The Labute approximate surface area is 189 Å². The SMILES string of the molecule is CCS(=O)(=O)N1CCC(n2cc3ncc(-c4c(C)cc(C(F)(F)F)cc4OC)nc3n2)CC1. The average Bonchev–Trinajstić information content (AvgIpc) is 3.21. The van der Waals surface area contributed by atoms with Crippen LogP contribution in [0.3, 0.4) is 0 Å². The molecule has 4 rings (SSSR count). The highest BCUT2D eigenvalue weighted by Crippen LogP contribution is 2.39. The highest BCUT2D eigenvalue weighted by atomic mass is 32.2. The molecular formula is C21H24F3N5O3S. The molecule has 178 valence electrons. The number of halogens is 3. The average molecular weight is 484 g/mol. The van der Waals surface area contributed by atoms with Crippen LogP contribution in [0.1, 0.15) is 36.9 Å². The zero-order valence-corrected chi connectivity index (χ0v) is 19.2. The molecule has 1 fully saturated rings. The first kappa shape index (κ1) is 23.4. The molecule has 0 atom stereocenters. The summed E-state index contributed by atoms with van der Waals surface area (Å²) in [4.78, 5) is 8.93. The van der Waals surface area contributed by atoms with E-state index in [9.17, 15) is 21.6 Å². The molecule has 8 nitrogen and oxygen atoms in total. The van der Waals surface area contributed by atoms with Gasteiger partial charge in [-0.15, -0.1) is 0 Å². The van der Waals surface area contributed by atoms with E-state index in [4.69, 9.17) is 4.74 Å². The van der Waals surface area contributed by atoms with Gasteiger partial charge in [-0.1, -0.05) is 0 Å². The van der Waals surface area contributed by atoms with Gasteiger partial charge in [0, 0.05) is 18.7 Å². The molecule has 0 unspecified atom stereocenters. The van der Waals surface area contributed by atoms with Crippen LogP contribution in [-0.4, -0.2) is 58.4 Å². The van der Waals surface area contributed by atoms with Crippen LogP contribution in [0.15, 0.2) is 24.5 Å². The maximum Gasteiger partial charge on any atom is 0.416 e. The van der Waals surface area contributed by atoms with Crippen LogP contribution in [-0.2, 0) is 16.2 Å². The first-order valence-electron chi connectivity index (χ1n) is 10.5. The van der Waals surface area contributed by atoms with Gasteiger partial charge in [0.25, 0.3) is 0 Å². The molecule has 0 radical (unpaired) electrons. The number of hydrogen-bond donors (Lipinski definition) is 0. The molecule has 1 aliphatic rings. The number of aromatic nitrogens is 4. The van der Waals surface area contributed by atoms with Gasteiger partial charge >= 0.3 is 6.18 Å². The van der Waals surface area contributed by atoms with Crippen LogP contribution in [0.25, 0.3) is 22.4 Å². The highest BCUT2D eigenvalue weighted by molar-refractivity contribution is 7.89. The summed E-state index contributed by atoms with van der Waals surface area (Å²) < 4.78 is 72.2. The summed E-state index contributed by atoms with van der Waals surface area (Å²) in [6, 6.07) is 2.01. The van der Waals surface area contributed by atoms with E-state index in [0.29, 0.717) is 53.9 Å². The van der Waals surface area contributed by atoms with Crippen molar-refractivity contribution in [2.45, 2.75) is 38.9 Å². The number of benzene rings is 1. The summed E-state index contributed by atoms with van der Waals surface area (Å²) in [5.41, 5.74) is 1.25. The van der Waals surface area contributed by atoms with Gasteiger partial charge in [-0.05, 0) is 44.4 Å². The Morgan fingerprint density at radius 2 is 1.91 bits per heavy atom. The number of methoxy groups -OCH3 is 1. The van der Waals surface area contributed by atoms with E-state index in [1.54, 1.807) is 24.7 Å². The molecule has 2 aromatic heterocycles. The number of rotatable bonds is 5. The van der Waals surface area contributed by atoms with Crippen LogP contribution in [0.2, 0.25) is 0 Å². The third kappa shape index (κ3) is 4.54. The number of aryl methyl sites for hydroxylation is 1. The summed E-state index contributed by atoms with van der Waals surface area (Å²) in [5.74, 6) is 0.132. The summed E-state index contributed by atoms with van der Waals surface area (Å²) in [7, 11) is -1.90. The molecule has 0 saturated carbocycles. The number of alkyl halides is 3. The Morgan fingerprint density at radius 3 is 2.52 bits per heavy atom. The molecule has 0 amide bonds. The molecule has 33 heavy (non-hydrogen) atoms. The van der Waals surface area contributed by atoms with Gasteiger partial charge in [0.2, 0.25) is 10.0 Å². The fourth-order valence-corrected chi connectivity index (χ4v) is 5.23. The maximum atomic E-state index is 13.2. The Balaban J connectivity index is 1.64. The van der Waals surface area contributed by atoms with Crippen molar-refractivity contribution >= 4 is 21.2 Å². The lowest BCUT2D eigenvalue weighted by atomic mass is 10.0. The maximum absolute atomic E-state index is 13.2. The highest BCUT2D eigenvalue weighted by Gasteiger charge is 2.33. The van der Waals surface area contributed by atoms with Gasteiger partial charge in [-0.3, -0.25) is 4.68 Å². The van der Waals surface area contributed by atoms with Crippen molar-refractivity contribution in [2.24, 2.45) is 0 Å². The van der Waals surface area contributed by atoms with Crippen molar-refractivity contribution < 1.29 is 26.3 Å². The second kappa shape index (κ2) is 8.56. The molecule has 0 aliphatic carbocycles. The smallest absolute Gasteiger partial charge is 0.416 e. The fourth-order valence-electron chi connectivity index (χ4n) is 4.10. The topological polar surface area (TPSA) is 90.2 Å². The quantitative estimate of drug-likeness (QED) is 0.548. The van der Waals surface area contributed by atoms with Crippen molar-refractivity contribution in [1.29, 1.82) is 0 Å². The summed E-state index contributed by atoms with van der Waals surface area (Å²) in [6.07, 6.45) is -0.00463. The number of hydrogen-bond acceptors (Lipinski definition) is 6. The second-order valence-electron chi connectivity index (χ2n) is 7.97. The molecule has 1 aromatic carbocycles. The zero-order chi connectivity index (χ0) is 24.0. The lowest BCUT2D eigenvalue weighted by Gasteiger charge is -2.30. The molecule has 0 N–H and O–H groups in total. The predicted octanol–water partition coefficient (Wildman–Crippen LogP) is 3.82. The summed E-state index contributed by atoms with van der Waals surface area (Å²) in [5, 5.41) is 4.53. The van der Waals surface area contributed by atoms with E-state index in [1.165, 1.54) is 17.6 Å². The van der Waals surface area contributed by atoms with Gasteiger partial charge in [-0.2, -0.15) is 18.3 Å². The fraction of sp³-hybridized carbons (Fsp3) is 0.476. The number of nitrogens with zero attached hydrogens (tertiary/aromatic N) is 5. The Morgan fingerprint density at radius 1 is 1.21 bits per heavy atom. The molecular weight excluding hydrogens is 459 g/mol. The van der Waals surface area contributed by atoms with Crippen LogP contribution in [0.5, 0.6) is 5.75 Å². The monoisotopic (exact) mass is 483 g/mol. The molecule has 3 heterocycles. The van der Waals surface area contributed by atoms with Crippen molar-refractivity contribution in [1.82, 2.24) is 24.1 Å². The summed E-state index contributed by atoms with van der Waals surface area (Å²) >= 11 is 0. The molecule has 0 bridgehead atoms. The Bertz CT molecular complexity index is 1280. The number of piperidine rings is 1. The van der Waals surface area contributed by atoms with E-state index in [2.05, 4.69) is 15.1 Å². The number of fused-ring (bicyclic) bond motifs is 1. The van der Waals surface area contributed by atoms with Crippen molar-refractivity contribution in [3.63, 3.8) is 0 Å². The van der Waals surface area contributed by atoms with Crippen LogP contribution in [0, 0.1) is 6.92 Å². The zero-order valence-electron chi connectivity index (χ0n) is 18.4. The van der Waals surface area contributed by atoms with Gasteiger partial charge in [0.15, 0.2) is 5.65 Å². The van der Waals surface area contributed by atoms with Gasteiger partial charge in [0.05, 0.1) is 42.6 Å². The van der Waals surface area contributed by atoms with E-state index in [-0.39, 0.29) is 17.5 Å². The Kier molecular flexibility index (Phi) is 6.08. The lowest BCUT2D eigenvalue weighted by Crippen LogP contribution is -2.39. The van der Waals surface area contributed by atoms with E-state index >= 15 is 0 Å². The minimum atomic E-state index is -4.49. The first-order valence-corrected chi connectivity index (χ1v) is 12.1. The molecule has 1 saturated heterocycles. The third-order valence-electron chi connectivity index (χ3n) is 5.90. The van der Waals surface area contributed by atoms with Gasteiger partial charge in [-0.25, -0.2) is 22.7 Å². The normalized spacial score (nSPS) is 16.4. The first-order chi connectivity index (χ1) is 15.5. The largest absolute Gasteiger partial charge is 0.496 e. The standard InChI is InChI=1S/C21H24F3N5O3S/c1-4-33(30,31)28-7-5-15(6-8-28)29-12-17-20(27-29)26-16(11-25-17)19-13(2)9-14(21(22,23)24)10-18(19)32-3/h9-12,15H,4-8H2,1-3H3. The molecule has 3 aromatic rings. The molecule has 0 spiro atoms. The van der Waals surface area contributed by atoms with Crippen molar-refractivity contribution in [2.75, 3.05) is 26.0 Å². The van der Waals surface area contributed by atoms with E-state index < -0.39 is 21.8 Å². The third-order valence-corrected chi connectivity index (χ3v) is 7.79. The number of sulfonamides is 1. The number of ether oxygens (including phenoxy) is 1. The lowest BCUT2D eigenvalue weighted by molar-refractivity contribution is -0.137. The van der Waals surface area contributed by atoms with Crippen LogP contribution >= 0.6 is 0 Å². The summed E-state index contributed by atoms with van der Waals surface area (Å²) in [6.45, 7) is 4.04. The van der Waals surface area contributed by atoms with E-state index in [1.807, 2.05) is 0 Å². The predicted molar refractivity (Wildman–Crippen MR) is 116 cm³/mol. The van der Waals surface area contributed by atoms with Crippen LogP contribution < -0.4 is 4.74 Å². The minimum absolute atomic E-state index is 0.00935.